The van der Waals surface area contributed by atoms with E-state index < -0.39 is 5.60 Å². The molecule has 4 heteroatoms. The minimum Gasteiger partial charge on any atom is -0.504 e. The lowest BCUT2D eigenvalue weighted by Gasteiger charge is -2.22. The molecule has 0 aliphatic carbocycles. The SMILES string of the molecule is CC(C)(ON)c1ccc(O)c(O)c1. The summed E-state index contributed by atoms with van der Waals surface area (Å²) in [4.78, 5) is 4.73. The Kier molecular flexibility index (Phi) is 2.45. The average Bonchev–Trinajstić information content (AvgIpc) is 2.09. The summed E-state index contributed by atoms with van der Waals surface area (Å²) in [6.45, 7) is 3.53. The summed E-state index contributed by atoms with van der Waals surface area (Å²) in [5, 5.41) is 18.3. The van der Waals surface area contributed by atoms with Crippen molar-refractivity contribution in [2.24, 2.45) is 5.90 Å². The van der Waals surface area contributed by atoms with E-state index in [0.29, 0.717) is 5.56 Å². The van der Waals surface area contributed by atoms with Crippen LogP contribution in [0.5, 0.6) is 11.5 Å². The predicted octanol–water partition coefficient (Wildman–Crippen LogP) is 1.22. The van der Waals surface area contributed by atoms with Gasteiger partial charge in [-0.3, -0.25) is 4.84 Å². The van der Waals surface area contributed by atoms with Crippen LogP contribution < -0.4 is 5.90 Å². The van der Waals surface area contributed by atoms with Gasteiger partial charge in [-0.25, -0.2) is 5.90 Å². The monoisotopic (exact) mass is 183 g/mol. The van der Waals surface area contributed by atoms with Gasteiger partial charge in [0.1, 0.15) is 5.60 Å². The summed E-state index contributed by atoms with van der Waals surface area (Å²) in [6, 6.07) is 4.45. The molecule has 1 rings (SSSR count). The molecule has 0 heterocycles. The zero-order valence-electron chi connectivity index (χ0n) is 7.61. The molecule has 0 aromatic heterocycles. The topological polar surface area (TPSA) is 75.7 Å². The van der Waals surface area contributed by atoms with Gasteiger partial charge >= 0.3 is 0 Å². The molecule has 0 radical (unpaired) electrons. The molecule has 1 aromatic carbocycles. The van der Waals surface area contributed by atoms with Gasteiger partial charge in [0.05, 0.1) is 0 Å². The predicted molar refractivity (Wildman–Crippen MR) is 48.1 cm³/mol. The van der Waals surface area contributed by atoms with E-state index >= 15 is 0 Å². The van der Waals surface area contributed by atoms with Crippen molar-refractivity contribution >= 4 is 0 Å². The highest BCUT2D eigenvalue weighted by molar-refractivity contribution is 5.42. The molecule has 72 valence electrons. The average molecular weight is 183 g/mol. The highest BCUT2D eigenvalue weighted by atomic mass is 16.6. The maximum atomic E-state index is 9.21. The Morgan fingerprint density at radius 3 is 2.31 bits per heavy atom. The maximum absolute atomic E-state index is 9.21. The third-order valence-electron chi connectivity index (χ3n) is 1.97. The van der Waals surface area contributed by atoms with Gasteiger partial charge in [0, 0.05) is 0 Å². The van der Waals surface area contributed by atoms with Crippen molar-refractivity contribution in [3.63, 3.8) is 0 Å². The molecule has 0 aliphatic rings. The Balaban J connectivity index is 3.10. The van der Waals surface area contributed by atoms with Gasteiger partial charge in [0.25, 0.3) is 0 Å². The smallest absolute Gasteiger partial charge is 0.157 e. The number of nitrogens with two attached hydrogens (primary N) is 1. The van der Waals surface area contributed by atoms with Crippen molar-refractivity contribution in [2.45, 2.75) is 19.4 Å². The number of rotatable bonds is 2. The zero-order valence-corrected chi connectivity index (χ0v) is 7.61. The minimum atomic E-state index is -0.675. The Bertz CT molecular complexity index is 310. The van der Waals surface area contributed by atoms with Crippen molar-refractivity contribution in [3.05, 3.63) is 23.8 Å². The van der Waals surface area contributed by atoms with Crippen LogP contribution in [-0.4, -0.2) is 10.2 Å². The van der Waals surface area contributed by atoms with E-state index in [1.54, 1.807) is 19.9 Å². The van der Waals surface area contributed by atoms with Crippen LogP contribution in [0, 0.1) is 0 Å². The Labute approximate surface area is 76.5 Å². The lowest BCUT2D eigenvalue weighted by molar-refractivity contribution is -0.0237. The molecule has 0 aliphatic heterocycles. The van der Waals surface area contributed by atoms with Gasteiger partial charge in [-0.05, 0) is 31.5 Å². The lowest BCUT2D eigenvalue weighted by Crippen LogP contribution is -2.25. The van der Waals surface area contributed by atoms with Crippen LogP contribution in [0.15, 0.2) is 18.2 Å². The number of hydrogen-bond donors (Lipinski definition) is 3. The van der Waals surface area contributed by atoms with E-state index in [2.05, 4.69) is 0 Å². The van der Waals surface area contributed by atoms with Crippen molar-refractivity contribution in [1.82, 2.24) is 0 Å². The molecule has 0 spiro atoms. The largest absolute Gasteiger partial charge is 0.504 e. The fraction of sp³-hybridized carbons (Fsp3) is 0.333. The number of aromatic hydroxyl groups is 2. The van der Waals surface area contributed by atoms with Gasteiger partial charge in [-0.15, -0.1) is 0 Å². The summed E-state index contributed by atoms with van der Waals surface area (Å²) in [5.41, 5.74) is 0.0239. The molecule has 4 nitrogen and oxygen atoms in total. The first-order valence-electron chi connectivity index (χ1n) is 3.88. The van der Waals surface area contributed by atoms with E-state index in [-0.39, 0.29) is 11.5 Å². The van der Waals surface area contributed by atoms with E-state index in [1.165, 1.54) is 12.1 Å². The van der Waals surface area contributed by atoms with Gasteiger partial charge in [0.15, 0.2) is 11.5 Å². The third-order valence-corrected chi connectivity index (χ3v) is 1.97. The number of phenolic OH excluding ortho intramolecular Hbond substituents is 2. The number of benzene rings is 1. The van der Waals surface area contributed by atoms with Crippen LogP contribution in [-0.2, 0) is 10.4 Å². The van der Waals surface area contributed by atoms with Crippen molar-refractivity contribution < 1.29 is 15.1 Å². The maximum Gasteiger partial charge on any atom is 0.157 e. The molecule has 4 N–H and O–H groups in total. The molecule has 0 bridgehead atoms. The summed E-state index contributed by atoms with van der Waals surface area (Å²) in [7, 11) is 0. The molecular formula is C9H13NO3. The Morgan fingerprint density at radius 2 is 1.85 bits per heavy atom. The van der Waals surface area contributed by atoms with E-state index in [9.17, 15) is 5.11 Å². The second kappa shape index (κ2) is 3.24. The van der Waals surface area contributed by atoms with E-state index in [0.717, 1.165) is 0 Å². The fourth-order valence-corrected chi connectivity index (χ4v) is 0.966. The first-order valence-corrected chi connectivity index (χ1v) is 3.88. The molecule has 13 heavy (non-hydrogen) atoms. The number of phenols is 2. The lowest BCUT2D eigenvalue weighted by atomic mass is 9.98. The van der Waals surface area contributed by atoms with Crippen LogP contribution in [0.1, 0.15) is 19.4 Å². The van der Waals surface area contributed by atoms with Crippen LogP contribution in [0.3, 0.4) is 0 Å². The van der Waals surface area contributed by atoms with Gasteiger partial charge in [-0.2, -0.15) is 0 Å². The fourth-order valence-electron chi connectivity index (χ4n) is 0.966. The molecule has 0 amide bonds. The van der Waals surface area contributed by atoms with Crippen LogP contribution in [0.4, 0.5) is 0 Å². The van der Waals surface area contributed by atoms with Crippen molar-refractivity contribution in [3.8, 4) is 11.5 Å². The first-order chi connectivity index (χ1) is 5.97. The van der Waals surface area contributed by atoms with Crippen molar-refractivity contribution in [2.75, 3.05) is 0 Å². The molecule has 0 fully saturated rings. The highest BCUT2D eigenvalue weighted by Gasteiger charge is 2.21. The van der Waals surface area contributed by atoms with E-state index in [4.69, 9.17) is 15.8 Å². The summed E-state index contributed by atoms with van der Waals surface area (Å²) in [6.07, 6.45) is 0. The van der Waals surface area contributed by atoms with Crippen molar-refractivity contribution in [1.29, 1.82) is 0 Å². The molecule has 1 aromatic rings. The van der Waals surface area contributed by atoms with Crippen LogP contribution in [0.25, 0.3) is 0 Å². The molecule has 0 unspecified atom stereocenters. The van der Waals surface area contributed by atoms with Crippen LogP contribution in [0.2, 0.25) is 0 Å². The highest BCUT2D eigenvalue weighted by Crippen LogP contribution is 2.31. The minimum absolute atomic E-state index is 0.156. The molecule has 0 atom stereocenters. The summed E-state index contributed by atoms with van der Waals surface area (Å²) in [5.74, 6) is 4.75. The Morgan fingerprint density at radius 1 is 1.23 bits per heavy atom. The first kappa shape index (κ1) is 9.83. The van der Waals surface area contributed by atoms with Gasteiger partial charge in [-0.1, -0.05) is 6.07 Å². The standard InChI is InChI=1S/C9H13NO3/c1-9(2,13-10)6-3-4-7(11)8(12)5-6/h3-5,11-12H,10H2,1-2H3. The third kappa shape index (κ3) is 1.91. The van der Waals surface area contributed by atoms with Crippen LogP contribution >= 0.6 is 0 Å². The van der Waals surface area contributed by atoms with Gasteiger partial charge in [0.2, 0.25) is 0 Å². The quantitative estimate of drug-likeness (QED) is 0.476. The summed E-state index contributed by atoms with van der Waals surface area (Å²) < 4.78 is 0. The Hall–Kier alpha value is -1.26. The normalized spacial score (nSPS) is 11.6. The zero-order chi connectivity index (χ0) is 10.1. The second-order valence-corrected chi connectivity index (χ2v) is 3.33. The number of hydrogen-bond acceptors (Lipinski definition) is 4. The van der Waals surface area contributed by atoms with E-state index in [1.807, 2.05) is 0 Å². The molecule has 0 saturated heterocycles. The second-order valence-electron chi connectivity index (χ2n) is 3.33. The molecular weight excluding hydrogens is 170 g/mol. The molecule has 0 saturated carbocycles. The summed E-state index contributed by atoms with van der Waals surface area (Å²) >= 11 is 0. The van der Waals surface area contributed by atoms with Gasteiger partial charge < -0.3 is 10.2 Å².